The van der Waals surface area contributed by atoms with Crippen molar-refractivity contribution in [3.8, 4) is 0 Å². The van der Waals surface area contributed by atoms with Crippen molar-refractivity contribution >= 4 is 21.9 Å². The van der Waals surface area contributed by atoms with Crippen LogP contribution < -0.4 is 4.90 Å². The fourth-order valence-corrected chi connectivity index (χ4v) is 3.31. The van der Waals surface area contributed by atoms with Crippen LogP contribution in [0.2, 0.25) is 0 Å². The molecule has 1 aliphatic rings. The number of nitrogens with zero attached hydrogens (tertiary/aromatic N) is 3. The second kappa shape index (κ2) is 7.39. The Morgan fingerprint density at radius 1 is 1.25 bits per heavy atom. The Hall–Kier alpha value is -0.640. The van der Waals surface area contributed by atoms with E-state index in [1.807, 2.05) is 0 Å². The minimum absolute atomic E-state index is 0.452. The van der Waals surface area contributed by atoms with Gasteiger partial charge < -0.3 is 4.90 Å². The summed E-state index contributed by atoms with van der Waals surface area (Å²) in [4.78, 5) is 11.9. The van der Waals surface area contributed by atoms with Crippen molar-refractivity contribution in [3.63, 3.8) is 0 Å². The zero-order valence-electron chi connectivity index (χ0n) is 12.9. The maximum Gasteiger partial charge on any atom is 0.226 e. The molecule has 0 amide bonds. The smallest absolute Gasteiger partial charge is 0.226 e. The van der Waals surface area contributed by atoms with Gasteiger partial charge in [-0.05, 0) is 31.7 Å². The highest BCUT2D eigenvalue weighted by molar-refractivity contribution is 9.09. The van der Waals surface area contributed by atoms with Gasteiger partial charge >= 0.3 is 0 Å². The van der Waals surface area contributed by atoms with Crippen LogP contribution in [0.3, 0.4) is 0 Å². The van der Waals surface area contributed by atoms with Gasteiger partial charge in [0.1, 0.15) is 0 Å². The zero-order valence-corrected chi connectivity index (χ0v) is 14.5. The summed E-state index contributed by atoms with van der Waals surface area (Å²) >= 11 is 3.58. The van der Waals surface area contributed by atoms with Crippen LogP contribution in [-0.4, -0.2) is 27.9 Å². The predicted octanol–water partition coefficient (Wildman–Crippen LogP) is 4.44. The molecule has 1 heterocycles. The molecule has 0 atom stereocenters. The van der Waals surface area contributed by atoms with Crippen molar-refractivity contribution in [1.82, 2.24) is 9.97 Å². The number of aromatic nitrogens is 2. The summed E-state index contributed by atoms with van der Waals surface area (Å²) in [6.07, 6.45) is 6.62. The van der Waals surface area contributed by atoms with E-state index in [-0.39, 0.29) is 0 Å². The average Bonchev–Trinajstić information content (AvgIpc) is 2.45. The molecule has 1 saturated carbocycles. The number of rotatable bonds is 5. The molecule has 1 fully saturated rings. The van der Waals surface area contributed by atoms with Gasteiger partial charge in [0.25, 0.3) is 0 Å². The molecule has 0 unspecified atom stereocenters. The summed E-state index contributed by atoms with van der Waals surface area (Å²) in [6, 6.07) is 2.73. The predicted molar refractivity (Wildman–Crippen MR) is 88.9 cm³/mol. The van der Waals surface area contributed by atoms with Crippen LogP contribution in [-0.2, 0) is 0 Å². The Morgan fingerprint density at radius 3 is 2.55 bits per heavy atom. The fraction of sp³-hybridized carbons (Fsp3) is 0.750. The van der Waals surface area contributed by atoms with Gasteiger partial charge in [0.05, 0.1) is 0 Å². The highest BCUT2D eigenvalue weighted by Crippen LogP contribution is 2.26. The summed E-state index contributed by atoms with van der Waals surface area (Å²) < 4.78 is 0. The first-order valence-electron chi connectivity index (χ1n) is 7.80. The maximum atomic E-state index is 4.82. The molecule has 112 valence electrons. The largest absolute Gasteiger partial charge is 0.337 e. The van der Waals surface area contributed by atoms with Crippen LogP contribution >= 0.6 is 15.9 Å². The molecule has 1 aromatic heterocycles. The van der Waals surface area contributed by atoms with E-state index in [0.717, 1.165) is 29.2 Å². The van der Waals surface area contributed by atoms with Crippen molar-refractivity contribution in [3.05, 3.63) is 17.5 Å². The Morgan fingerprint density at radius 2 is 1.95 bits per heavy atom. The molecular formula is C16H26BrN3. The summed E-state index contributed by atoms with van der Waals surface area (Å²) in [5, 5.41) is 0.970. The van der Waals surface area contributed by atoms with Crippen molar-refractivity contribution in [2.24, 2.45) is 0 Å². The minimum Gasteiger partial charge on any atom is -0.337 e. The molecule has 0 radical (unpaired) electrons. The van der Waals surface area contributed by atoms with E-state index in [1.165, 1.54) is 32.1 Å². The van der Waals surface area contributed by atoms with Gasteiger partial charge in [-0.15, -0.1) is 0 Å². The molecular weight excluding hydrogens is 314 g/mol. The molecule has 1 aliphatic carbocycles. The van der Waals surface area contributed by atoms with Crippen LogP contribution in [0.25, 0.3) is 0 Å². The molecule has 0 N–H and O–H groups in total. The third-order valence-electron chi connectivity index (χ3n) is 4.05. The van der Waals surface area contributed by atoms with Gasteiger partial charge in [-0.2, -0.15) is 0 Å². The molecule has 0 bridgehead atoms. The van der Waals surface area contributed by atoms with Gasteiger partial charge in [0.2, 0.25) is 5.95 Å². The first kappa shape index (κ1) is 15.7. The second-order valence-electron chi connectivity index (χ2n) is 6.06. The fourth-order valence-electron chi connectivity index (χ4n) is 2.93. The lowest BCUT2D eigenvalue weighted by molar-refractivity contribution is 0.414. The first-order valence-corrected chi connectivity index (χ1v) is 8.92. The third-order valence-corrected chi connectivity index (χ3v) is 4.41. The molecule has 3 nitrogen and oxygen atoms in total. The van der Waals surface area contributed by atoms with Crippen LogP contribution in [0.4, 0.5) is 5.95 Å². The Kier molecular flexibility index (Phi) is 5.82. The lowest BCUT2D eigenvalue weighted by Crippen LogP contribution is -2.39. The molecule has 1 aromatic rings. The molecule has 4 heteroatoms. The van der Waals surface area contributed by atoms with Crippen LogP contribution in [0, 0.1) is 6.92 Å². The van der Waals surface area contributed by atoms with E-state index in [2.05, 4.69) is 47.7 Å². The minimum atomic E-state index is 0.452. The number of hydrogen-bond acceptors (Lipinski definition) is 3. The van der Waals surface area contributed by atoms with Gasteiger partial charge in [0.15, 0.2) is 0 Å². The van der Waals surface area contributed by atoms with Gasteiger partial charge in [-0.3, -0.25) is 0 Å². The van der Waals surface area contributed by atoms with Crippen molar-refractivity contribution in [2.45, 2.75) is 64.8 Å². The van der Waals surface area contributed by atoms with Crippen LogP contribution in [0.1, 0.15) is 63.3 Å². The summed E-state index contributed by atoms with van der Waals surface area (Å²) in [5.41, 5.74) is 2.23. The Labute approximate surface area is 131 Å². The van der Waals surface area contributed by atoms with Crippen LogP contribution in [0.15, 0.2) is 6.07 Å². The molecule has 2 rings (SSSR count). The third kappa shape index (κ3) is 3.94. The highest BCUT2D eigenvalue weighted by atomic mass is 79.9. The lowest BCUT2D eigenvalue weighted by Gasteiger charge is -2.34. The lowest BCUT2D eigenvalue weighted by atomic mass is 9.94. The van der Waals surface area contributed by atoms with E-state index in [4.69, 9.17) is 9.97 Å². The summed E-state index contributed by atoms with van der Waals surface area (Å²) in [6.45, 7) is 7.46. The van der Waals surface area contributed by atoms with Crippen molar-refractivity contribution in [2.75, 3.05) is 16.8 Å². The summed E-state index contributed by atoms with van der Waals surface area (Å²) in [5.74, 6) is 1.38. The standard InChI is InChI=1S/C16H26BrN3/c1-12(2)15-11-13(3)18-16(19-15)20(10-9-17)14-7-5-4-6-8-14/h11-12,14H,4-10H2,1-3H3. The molecule has 0 aromatic carbocycles. The van der Waals surface area contributed by atoms with E-state index < -0.39 is 0 Å². The summed E-state index contributed by atoms with van der Waals surface area (Å²) in [7, 11) is 0. The number of halogens is 1. The first-order chi connectivity index (χ1) is 9.61. The van der Waals surface area contributed by atoms with E-state index in [9.17, 15) is 0 Å². The zero-order chi connectivity index (χ0) is 14.5. The number of alkyl halides is 1. The second-order valence-corrected chi connectivity index (χ2v) is 6.86. The SMILES string of the molecule is Cc1cc(C(C)C)nc(N(CCBr)C2CCCCC2)n1. The highest BCUT2D eigenvalue weighted by Gasteiger charge is 2.23. The molecule has 0 saturated heterocycles. The van der Waals surface area contributed by atoms with Crippen molar-refractivity contribution in [1.29, 1.82) is 0 Å². The number of aryl methyl sites for hydroxylation is 1. The number of hydrogen-bond donors (Lipinski definition) is 0. The Balaban J connectivity index is 2.27. The van der Waals surface area contributed by atoms with Gasteiger partial charge in [-0.1, -0.05) is 49.0 Å². The Bertz CT molecular complexity index is 428. The normalized spacial score (nSPS) is 16.6. The van der Waals surface area contributed by atoms with E-state index in [1.54, 1.807) is 0 Å². The van der Waals surface area contributed by atoms with E-state index in [0.29, 0.717) is 12.0 Å². The molecule has 0 aliphatic heterocycles. The quantitative estimate of drug-likeness (QED) is 0.742. The molecule has 0 spiro atoms. The van der Waals surface area contributed by atoms with E-state index >= 15 is 0 Å². The topological polar surface area (TPSA) is 29.0 Å². The van der Waals surface area contributed by atoms with Crippen molar-refractivity contribution < 1.29 is 0 Å². The molecule has 20 heavy (non-hydrogen) atoms. The average molecular weight is 340 g/mol. The number of anilines is 1. The maximum absolute atomic E-state index is 4.82. The monoisotopic (exact) mass is 339 g/mol. The van der Waals surface area contributed by atoms with Crippen LogP contribution in [0.5, 0.6) is 0 Å². The van der Waals surface area contributed by atoms with Gasteiger partial charge in [0, 0.05) is 29.3 Å². The van der Waals surface area contributed by atoms with Gasteiger partial charge in [-0.25, -0.2) is 9.97 Å².